The SMILES string of the molecule is c1ccc(N2c3ccncc3B3c4cc5c(nc4N(c4ccccc4)c4cccc2c43)N(c2ccccc2)c2nccc3c2B5c2cccnc2N3c2ccccc2)cc1. The third-order valence-electron chi connectivity index (χ3n) is 12.4. The number of nitrogens with zero attached hydrogens (tertiary/aromatic N) is 8. The second kappa shape index (κ2) is 12.8. The van der Waals surface area contributed by atoms with Crippen LogP contribution in [0.5, 0.6) is 0 Å². The first kappa shape index (κ1) is 33.0. The lowest BCUT2D eigenvalue weighted by molar-refractivity contribution is 1.10. The third-order valence-corrected chi connectivity index (χ3v) is 12.4. The molecular formula is C50H32B2N8. The van der Waals surface area contributed by atoms with Gasteiger partial charge in [-0.05, 0) is 112 Å². The van der Waals surface area contributed by atoms with Crippen LogP contribution in [0, 0.1) is 0 Å². The summed E-state index contributed by atoms with van der Waals surface area (Å²) in [4.78, 5) is 30.3. The predicted molar refractivity (Wildman–Crippen MR) is 246 cm³/mol. The maximum atomic E-state index is 5.92. The van der Waals surface area contributed by atoms with Crippen molar-refractivity contribution in [2.24, 2.45) is 0 Å². The second-order valence-electron chi connectivity index (χ2n) is 15.5. The molecule has 0 saturated heterocycles. The first-order valence-corrected chi connectivity index (χ1v) is 20.3. The van der Waals surface area contributed by atoms with Crippen LogP contribution in [0.3, 0.4) is 0 Å². The summed E-state index contributed by atoms with van der Waals surface area (Å²) >= 11 is 0. The predicted octanol–water partition coefficient (Wildman–Crippen LogP) is 7.43. The Kier molecular flexibility index (Phi) is 7.03. The Morgan fingerprint density at radius 3 is 1.52 bits per heavy atom. The van der Waals surface area contributed by atoms with Crippen LogP contribution in [-0.2, 0) is 0 Å². The van der Waals surface area contributed by atoms with E-state index in [9.17, 15) is 0 Å². The number of para-hydroxylation sites is 4. The molecule has 0 atom stereocenters. The molecule has 4 aromatic heterocycles. The van der Waals surface area contributed by atoms with E-state index < -0.39 is 0 Å². The number of hydrogen-bond donors (Lipinski definition) is 0. The number of anilines is 12. The van der Waals surface area contributed by atoms with Gasteiger partial charge in [-0.25, -0.2) is 15.0 Å². The standard InChI is InChI=1S/C50H32B2N8/c1-5-15-33(16-6-1)57-41-26-29-53-32-40(41)52-38-31-39-49(56-48(38)59(35-19-9-3-10-20-35)43-25-13-24-42(57)45(43)52)60(36-21-11-4-12-22-36)50-46-44(27-30-55-50)58(34-17-7-2-8-18-34)47-37(51(39)46)23-14-28-54-47/h1-32H. The zero-order valence-electron chi connectivity index (χ0n) is 32.2. The quantitative estimate of drug-likeness (QED) is 0.172. The smallest absolute Gasteiger partial charge is 0.258 e. The molecule has 0 radical (unpaired) electrons. The van der Waals surface area contributed by atoms with Gasteiger partial charge >= 0.3 is 0 Å². The van der Waals surface area contributed by atoms with Crippen molar-refractivity contribution in [3.63, 3.8) is 0 Å². The van der Waals surface area contributed by atoms with E-state index in [2.05, 4.69) is 196 Å². The zero-order valence-corrected chi connectivity index (χ0v) is 32.2. The number of hydrogen-bond acceptors (Lipinski definition) is 8. The highest BCUT2D eigenvalue weighted by Gasteiger charge is 2.49. The van der Waals surface area contributed by atoms with Gasteiger partial charge in [0.1, 0.15) is 23.3 Å². The van der Waals surface area contributed by atoms with Gasteiger partial charge in [0, 0.05) is 70.3 Å². The van der Waals surface area contributed by atoms with Gasteiger partial charge in [0.15, 0.2) is 0 Å². The Morgan fingerprint density at radius 1 is 0.333 bits per heavy atom. The molecule has 0 N–H and O–H groups in total. The molecule has 4 aliphatic heterocycles. The van der Waals surface area contributed by atoms with Crippen LogP contribution in [0.4, 0.5) is 68.8 Å². The minimum Gasteiger partial charge on any atom is -0.311 e. The molecule has 278 valence electrons. The summed E-state index contributed by atoms with van der Waals surface area (Å²) in [5.74, 6) is 3.49. The molecule has 0 amide bonds. The Balaban J connectivity index is 1.14. The van der Waals surface area contributed by atoms with Crippen molar-refractivity contribution in [2.75, 3.05) is 19.6 Å². The van der Waals surface area contributed by atoms with E-state index in [0.717, 1.165) is 96.1 Å². The largest absolute Gasteiger partial charge is 0.311 e. The third kappa shape index (κ3) is 4.58. The van der Waals surface area contributed by atoms with Gasteiger partial charge in [0.25, 0.3) is 13.4 Å². The van der Waals surface area contributed by atoms with Crippen LogP contribution in [0.25, 0.3) is 0 Å². The topological polar surface area (TPSA) is 64.5 Å². The number of rotatable bonds is 4. The molecule has 0 aliphatic carbocycles. The first-order valence-electron chi connectivity index (χ1n) is 20.3. The summed E-state index contributed by atoms with van der Waals surface area (Å²) in [7, 11) is 0. The highest BCUT2D eigenvalue weighted by Crippen LogP contribution is 2.46. The van der Waals surface area contributed by atoms with E-state index in [1.807, 2.05) is 18.6 Å². The van der Waals surface area contributed by atoms with Crippen molar-refractivity contribution in [3.8, 4) is 0 Å². The van der Waals surface area contributed by atoms with E-state index >= 15 is 0 Å². The lowest BCUT2D eigenvalue weighted by Crippen LogP contribution is -2.66. The molecule has 60 heavy (non-hydrogen) atoms. The highest BCUT2D eigenvalue weighted by molar-refractivity contribution is 7.03. The van der Waals surface area contributed by atoms with E-state index in [1.165, 1.54) is 5.46 Å². The Hall–Kier alpha value is -7.97. The molecule has 9 aromatic rings. The normalized spacial score (nSPS) is 13.8. The fourth-order valence-corrected chi connectivity index (χ4v) is 10.1. The molecule has 0 unspecified atom stereocenters. The van der Waals surface area contributed by atoms with Gasteiger partial charge in [-0.3, -0.25) is 19.7 Å². The summed E-state index contributed by atoms with van der Waals surface area (Å²) < 4.78 is 0. The summed E-state index contributed by atoms with van der Waals surface area (Å²) in [6.45, 7) is -0.343. The number of pyridine rings is 4. The summed E-state index contributed by atoms with van der Waals surface area (Å²) in [5, 5.41) is 0. The maximum Gasteiger partial charge on any atom is 0.258 e. The molecular weight excluding hydrogens is 734 g/mol. The number of aromatic nitrogens is 4. The zero-order chi connectivity index (χ0) is 39.3. The monoisotopic (exact) mass is 766 g/mol. The fraction of sp³-hybridized carbons (Fsp3) is 0. The van der Waals surface area contributed by atoms with E-state index in [1.54, 1.807) is 0 Å². The average Bonchev–Trinajstić information content (AvgIpc) is 3.32. The Labute approximate surface area is 347 Å². The molecule has 8 heterocycles. The summed E-state index contributed by atoms with van der Waals surface area (Å²) in [5.41, 5.74) is 15.4. The van der Waals surface area contributed by atoms with Crippen molar-refractivity contribution < 1.29 is 0 Å². The van der Waals surface area contributed by atoms with Crippen LogP contribution in [-0.4, -0.2) is 33.4 Å². The lowest BCUT2D eigenvalue weighted by Gasteiger charge is -2.45. The maximum absolute atomic E-state index is 5.92. The van der Waals surface area contributed by atoms with Gasteiger partial charge in [-0.2, -0.15) is 0 Å². The molecule has 10 heteroatoms. The first-order chi connectivity index (χ1) is 29.8. The van der Waals surface area contributed by atoms with Crippen molar-refractivity contribution in [1.82, 2.24) is 19.9 Å². The second-order valence-corrected chi connectivity index (χ2v) is 15.5. The summed E-state index contributed by atoms with van der Waals surface area (Å²) in [6.07, 6.45) is 7.78. The van der Waals surface area contributed by atoms with Gasteiger partial charge in [0.2, 0.25) is 0 Å². The number of fused-ring (bicyclic) bond motifs is 8. The van der Waals surface area contributed by atoms with Crippen molar-refractivity contribution in [2.45, 2.75) is 0 Å². The molecule has 0 spiro atoms. The van der Waals surface area contributed by atoms with Crippen LogP contribution >= 0.6 is 0 Å². The minimum atomic E-state index is -0.195. The average molecular weight is 766 g/mol. The molecule has 8 nitrogen and oxygen atoms in total. The molecule has 0 bridgehead atoms. The van der Waals surface area contributed by atoms with Gasteiger partial charge < -0.3 is 4.90 Å². The summed E-state index contributed by atoms with van der Waals surface area (Å²) in [6, 6.07) is 60.0. The van der Waals surface area contributed by atoms with Crippen LogP contribution in [0.1, 0.15) is 0 Å². The Bertz CT molecular complexity index is 2940. The minimum absolute atomic E-state index is 0.148. The van der Waals surface area contributed by atoms with E-state index in [0.29, 0.717) is 0 Å². The van der Waals surface area contributed by atoms with Crippen molar-refractivity contribution in [1.29, 1.82) is 0 Å². The lowest BCUT2D eigenvalue weighted by atomic mass is 9.31. The van der Waals surface area contributed by atoms with Crippen molar-refractivity contribution in [3.05, 3.63) is 195 Å². The Morgan fingerprint density at radius 2 is 0.850 bits per heavy atom. The van der Waals surface area contributed by atoms with Crippen LogP contribution in [0.2, 0.25) is 0 Å². The molecule has 5 aromatic carbocycles. The van der Waals surface area contributed by atoms with Gasteiger partial charge in [-0.1, -0.05) is 91.0 Å². The van der Waals surface area contributed by atoms with E-state index in [-0.39, 0.29) is 13.4 Å². The van der Waals surface area contributed by atoms with Gasteiger partial charge in [-0.15, -0.1) is 0 Å². The molecule has 0 saturated carbocycles. The number of benzene rings is 5. The molecule has 4 aliphatic rings. The van der Waals surface area contributed by atoms with Gasteiger partial charge in [0.05, 0.1) is 0 Å². The molecule has 0 fully saturated rings. The van der Waals surface area contributed by atoms with Crippen LogP contribution < -0.4 is 52.4 Å². The van der Waals surface area contributed by atoms with Crippen LogP contribution in [0.15, 0.2) is 195 Å². The highest BCUT2D eigenvalue weighted by atomic mass is 15.3. The fourth-order valence-electron chi connectivity index (χ4n) is 10.1. The van der Waals surface area contributed by atoms with Crippen molar-refractivity contribution >= 4 is 115 Å². The molecule has 13 rings (SSSR count). The van der Waals surface area contributed by atoms with E-state index in [4.69, 9.17) is 19.9 Å².